The van der Waals surface area contributed by atoms with Crippen LogP contribution in [0, 0.1) is 6.92 Å². The second-order valence-electron chi connectivity index (χ2n) is 8.23. The Balaban J connectivity index is 1.62. The number of rotatable bonds is 6. The number of aryl methyl sites for hydroxylation is 1. The maximum absolute atomic E-state index is 13.1. The van der Waals surface area contributed by atoms with Crippen LogP contribution in [0.15, 0.2) is 66.0 Å². The fourth-order valence-electron chi connectivity index (χ4n) is 3.93. The summed E-state index contributed by atoms with van der Waals surface area (Å²) in [6.45, 7) is 3.90. The monoisotopic (exact) mass is 469 g/mol. The van der Waals surface area contributed by atoms with Crippen molar-refractivity contribution in [3.05, 3.63) is 66.4 Å². The normalized spacial score (nSPS) is 18.4. The number of carbonyl (C=O) groups is 1. The second kappa shape index (κ2) is 9.11. The molecule has 0 N–H and O–H groups in total. The zero-order valence-corrected chi connectivity index (χ0v) is 20.1. The molecule has 0 aliphatic carbocycles. The zero-order chi connectivity index (χ0) is 22.9. The molecule has 3 aromatic rings. The van der Waals surface area contributed by atoms with E-state index in [-0.39, 0.29) is 23.5 Å². The van der Waals surface area contributed by atoms with Crippen LogP contribution in [0.5, 0.6) is 0 Å². The third kappa shape index (κ3) is 4.76. The molecule has 2 atom stereocenters. The second-order valence-corrected chi connectivity index (χ2v) is 11.8. The molecule has 1 aliphatic heterocycles. The molecule has 1 fully saturated rings. The molecule has 0 bridgehead atoms. The number of benzene rings is 2. The van der Waals surface area contributed by atoms with Gasteiger partial charge in [0.25, 0.3) is 0 Å². The van der Waals surface area contributed by atoms with Gasteiger partial charge in [0.05, 0.1) is 28.6 Å². The summed E-state index contributed by atoms with van der Waals surface area (Å²) in [5.41, 5.74) is 4.16. The van der Waals surface area contributed by atoms with E-state index in [0.717, 1.165) is 22.1 Å². The molecular formula is C24H27N3O3S2. The first kappa shape index (κ1) is 22.6. The van der Waals surface area contributed by atoms with Crippen LogP contribution in [0.2, 0.25) is 0 Å². The number of aromatic nitrogens is 2. The van der Waals surface area contributed by atoms with Crippen LogP contribution < -0.4 is 0 Å². The Hall–Kier alpha value is -2.58. The van der Waals surface area contributed by atoms with Crippen LogP contribution in [0.25, 0.3) is 16.9 Å². The molecule has 6 nitrogen and oxygen atoms in total. The van der Waals surface area contributed by atoms with Crippen molar-refractivity contribution in [3.8, 4) is 16.9 Å². The highest BCUT2D eigenvalue weighted by molar-refractivity contribution is 8.00. The van der Waals surface area contributed by atoms with E-state index in [2.05, 4.69) is 40.7 Å². The van der Waals surface area contributed by atoms with Gasteiger partial charge in [-0.2, -0.15) is 0 Å². The van der Waals surface area contributed by atoms with Crippen molar-refractivity contribution in [2.75, 3.05) is 18.6 Å². The Morgan fingerprint density at radius 2 is 1.84 bits per heavy atom. The number of hydrogen-bond donors (Lipinski definition) is 0. The number of para-hydroxylation sites is 1. The van der Waals surface area contributed by atoms with Crippen LogP contribution in [0.3, 0.4) is 0 Å². The summed E-state index contributed by atoms with van der Waals surface area (Å²) in [6, 6.07) is 18.0. The molecule has 1 aromatic heterocycles. The topological polar surface area (TPSA) is 72.3 Å². The molecule has 32 heavy (non-hydrogen) atoms. The van der Waals surface area contributed by atoms with E-state index in [1.807, 2.05) is 43.5 Å². The van der Waals surface area contributed by atoms with Gasteiger partial charge in [-0.25, -0.2) is 13.4 Å². The summed E-state index contributed by atoms with van der Waals surface area (Å²) in [5.74, 6) is 0.106. The minimum absolute atomic E-state index is 0.0445. The van der Waals surface area contributed by atoms with Gasteiger partial charge in [-0.15, -0.1) is 0 Å². The largest absolute Gasteiger partial charge is 0.341 e. The van der Waals surface area contributed by atoms with Crippen molar-refractivity contribution in [2.45, 2.75) is 36.7 Å². The first-order valence-electron chi connectivity index (χ1n) is 10.6. The summed E-state index contributed by atoms with van der Waals surface area (Å²) in [4.78, 5) is 19.3. The van der Waals surface area contributed by atoms with Gasteiger partial charge in [0, 0.05) is 24.3 Å². The zero-order valence-electron chi connectivity index (χ0n) is 18.4. The van der Waals surface area contributed by atoms with E-state index in [1.54, 1.807) is 11.9 Å². The number of nitrogens with zero attached hydrogens (tertiary/aromatic N) is 3. The summed E-state index contributed by atoms with van der Waals surface area (Å²) < 4.78 is 25.7. The maximum Gasteiger partial charge on any atom is 0.235 e. The molecule has 0 spiro atoms. The standard InChI is InChI=1S/C24H27N3O3S2/c1-17-9-11-19(12-10-17)22-15-25-24(27(22)20-7-5-4-6-8-20)31-18(2)23(28)26(3)21-13-14-32(29,30)16-21/h4-12,15,18,21H,13-14,16H2,1-3H3/t18-,21-/m0/s1. The fraction of sp³-hybridized carbons (Fsp3) is 0.333. The van der Waals surface area contributed by atoms with Gasteiger partial charge in [0.2, 0.25) is 5.91 Å². The summed E-state index contributed by atoms with van der Waals surface area (Å²) in [6.07, 6.45) is 2.34. The van der Waals surface area contributed by atoms with E-state index < -0.39 is 15.1 Å². The van der Waals surface area contributed by atoms with Crippen LogP contribution in [0.1, 0.15) is 18.9 Å². The molecule has 8 heteroatoms. The van der Waals surface area contributed by atoms with Crippen molar-refractivity contribution in [2.24, 2.45) is 0 Å². The lowest BCUT2D eigenvalue weighted by atomic mass is 10.1. The Labute approximate surface area is 193 Å². The van der Waals surface area contributed by atoms with E-state index in [1.165, 1.54) is 17.3 Å². The van der Waals surface area contributed by atoms with E-state index in [0.29, 0.717) is 6.42 Å². The molecule has 2 heterocycles. The summed E-state index contributed by atoms with van der Waals surface area (Å²) in [5, 5.41) is 0.319. The Bertz CT molecular complexity index is 1210. The summed E-state index contributed by atoms with van der Waals surface area (Å²) >= 11 is 1.39. The first-order chi connectivity index (χ1) is 15.2. The van der Waals surface area contributed by atoms with Gasteiger partial charge in [-0.3, -0.25) is 9.36 Å². The molecule has 4 rings (SSSR count). The quantitative estimate of drug-likeness (QED) is 0.511. The van der Waals surface area contributed by atoms with Crippen LogP contribution in [-0.4, -0.2) is 58.6 Å². The molecule has 2 aromatic carbocycles. The smallest absolute Gasteiger partial charge is 0.235 e. The highest BCUT2D eigenvalue weighted by atomic mass is 32.2. The Morgan fingerprint density at radius 1 is 1.16 bits per heavy atom. The lowest BCUT2D eigenvalue weighted by Crippen LogP contribution is -2.41. The van der Waals surface area contributed by atoms with Crippen molar-refractivity contribution in [3.63, 3.8) is 0 Å². The molecule has 168 valence electrons. The third-order valence-electron chi connectivity index (χ3n) is 5.82. The number of carbonyl (C=O) groups excluding carboxylic acids is 1. The molecule has 1 aliphatic rings. The van der Waals surface area contributed by atoms with Crippen molar-refractivity contribution in [1.82, 2.24) is 14.5 Å². The van der Waals surface area contributed by atoms with Crippen LogP contribution >= 0.6 is 11.8 Å². The highest BCUT2D eigenvalue weighted by Gasteiger charge is 2.34. The van der Waals surface area contributed by atoms with E-state index in [4.69, 9.17) is 0 Å². The Morgan fingerprint density at radius 3 is 2.47 bits per heavy atom. The summed E-state index contributed by atoms with van der Waals surface area (Å²) in [7, 11) is -1.35. The van der Waals surface area contributed by atoms with E-state index >= 15 is 0 Å². The average Bonchev–Trinajstić information content (AvgIpc) is 3.36. The van der Waals surface area contributed by atoms with Gasteiger partial charge < -0.3 is 4.90 Å². The number of sulfone groups is 1. The van der Waals surface area contributed by atoms with Gasteiger partial charge >= 0.3 is 0 Å². The average molecular weight is 470 g/mol. The molecular weight excluding hydrogens is 442 g/mol. The predicted molar refractivity (Wildman–Crippen MR) is 129 cm³/mol. The number of amides is 1. The fourth-order valence-corrected chi connectivity index (χ4v) is 6.71. The van der Waals surface area contributed by atoms with Gasteiger partial charge in [0.1, 0.15) is 0 Å². The molecule has 0 saturated carbocycles. The number of hydrogen-bond acceptors (Lipinski definition) is 5. The van der Waals surface area contributed by atoms with Crippen LogP contribution in [0.4, 0.5) is 0 Å². The van der Waals surface area contributed by atoms with Gasteiger partial charge in [-0.05, 0) is 32.4 Å². The third-order valence-corrected chi connectivity index (χ3v) is 8.63. The lowest BCUT2D eigenvalue weighted by Gasteiger charge is -2.26. The minimum atomic E-state index is -3.05. The van der Waals surface area contributed by atoms with E-state index in [9.17, 15) is 13.2 Å². The number of thioether (sulfide) groups is 1. The van der Waals surface area contributed by atoms with Gasteiger partial charge in [0.15, 0.2) is 15.0 Å². The Kier molecular flexibility index (Phi) is 6.44. The maximum atomic E-state index is 13.1. The SMILES string of the molecule is Cc1ccc(-c2cnc(S[C@@H](C)C(=O)N(C)[C@H]3CCS(=O)(=O)C3)n2-c2ccccc2)cc1. The highest BCUT2D eigenvalue weighted by Crippen LogP contribution is 2.32. The first-order valence-corrected chi connectivity index (χ1v) is 13.3. The predicted octanol–water partition coefficient (Wildman–Crippen LogP) is 3.97. The molecule has 1 amide bonds. The molecule has 0 radical (unpaired) electrons. The van der Waals surface area contributed by atoms with Crippen molar-refractivity contribution in [1.29, 1.82) is 0 Å². The lowest BCUT2D eigenvalue weighted by molar-refractivity contribution is -0.130. The minimum Gasteiger partial charge on any atom is -0.341 e. The number of imidazole rings is 1. The molecule has 1 saturated heterocycles. The van der Waals surface area contributed by atoms with Gasteiger partial charge in [-0.1, -0.05) is 59.8 Å². The molecule has 0 unspecified atom stereocenters. The van der Waals surface area contributed by atoms with Crippen molar-refractivity contribution >= 4 is 27.5 Å². The van der Waals surface area contributed by atoms with Crippen LogP contribution in [-0.2, 0) is 14.6 Å². The van der Waals surface area contributed by atoms with Crippen molar-refractivity contribution < 1.29 is 13.2 Å².